The Bertz CT molecular complexity index is 299. The van der Waals surface area contributed by atoms with E-state index in [1.807, 2.05) is 18.2 Å². The highest BCUT2D eigenvalue weighted by Gasteiger charge is 2.14. The Labute approximate surface area is 77.5 Å². The van der Waals surface area contributed by atoms with Gasteiger partial charge in [0, 0.05) is 0 Å². The molecule has 0 fully saturated rings. The third kappa shape index (κ3) is 1.60. The monoisotopic (exact) mass is 179 g/mol. The van der Waals surface area contributed by atoms with Gasteiger partial charge in [0.15, 0.2) is 11.5 Å². The van der Waals surface area contributed by atoms with E-state index < -0.39 is 0 Å². The lowest BCUT2D eigenvalue weighted by molar-refractivity contribution is 0.170. The number of fused-ring (bicyclic) bond motifs is 1. The molecule has 1 aliphatic rings. The SMILES string of the molecule is NCCc1cccc2c1OCCO2. The van der Waals surface area contributed by atoms with Gasteiger partial charge in [0.25, 0.3) is 0 Å². The second-order valence-electron chi connectivity index (χ2n) is 2.98. The lowest BCUT2D eigenvalue weighted by Crippen LogP contribution is -2.17. The molecule has 3 nitrogen and oxygen atoms in total. The van der Waals surface area contributed by atoms with E-state index in [9.17, 15) is 0 Å². The number of hydrogen-bond acceptors (Lipinski definition) is 3. The first kappa shape index (κ1) is 8.38. The molecule has 0 saturated heterocycles. The van der Waals surface area contributed by atoms with Crippen molar-refractivity contribution in [3.05, 3.63) is 23.8 Å². The smallest absolute Gasteiger partial charge is 0.164 e. The maximum Gasteiger partial charge on any atom is 0.164 e. The van der Waals surface area contributed by atoms with Gasteiger partial charge in [-0.15, -0.1) is 0 Å². The van der Waals surface area contributed by atoms with Crippen molar-refractivity contribution in [2.45, 2.75) is 6.42 Å². The van der Waals surface area contributed by atoms with Gasteiger partial charge in [0.2, 0.25) is 0 Å². The molecule has 13 heavy (non-hydrogen) atoms. The summed E-state index contributed by atoms with van der Waals surface area (Å²) in [4.78, 5) is 0. The normalized spacial score (nSPS) is 14.2. The first-order valence-electron chi connectivity index (χ1n) is 4.49. The molecule has 0 atom stereocenters. The van der Waals surface area contributed by atoms with Crippen LogP contribution in [-0.4, -0.2) is 19.8 Å². The van der Waals surface area contributed by atoms with E-state index in [1.54, 1.807) is 0 Å². The van der Waals surface area contributed by atoms with Crippen LogP contribution in [0.4, 0.5) is 0 Å². The van der Waals surface area contributed by atoms with E-state index >= 15 is 0 Å². The van der Waals surface area contributed by atoms with Crippen LogP contribution in [0.5, 0.6) is 11.5 Å². The predicted octanol–water partition coefficient (Wildman–Crippen LogP) is 0.959. The molecule has 0 spiro atoms. The summed E-state index contributed by atoms with van der Waals surface area (Å²) >= 11 is 0. The molecule has 1 aromatic carbocycles. The number of rotatable bonds is 2. The highest BCUT2D eigenvalue weighted by molar-refractivity contribution is 5.47. The Balaban J connectivity index is 2.34. The molecule has 0 bridgehead atoms. The van der Waals surface area contributed by atoms with Gasteiger partial charge < -0.3 is 15.2 Å². The van der Waals surface area contributed by atoms with E-state index in [-0.39, 0.29) is 0 Å². The summed E-state index contributed by atoms with van der Waals surface area (Å²) in [5, 5.41) is 0. The topological polar surface area (TPSA) is 44.5 Å². The Hall–Kier alpha value is -1.22. The van der Waals surface area contributed by atoms with Crippen LogP contribution < -0.4 is 15.2 Å². The lowest BCUT2D eigenvalue weighted by atomic mass is 10.1. The minimum Gasteiger partial charge on any atom is -0.486 e. The molecule has 1 heterocycles. The fourth-order valence-electron chi connectivity index (χ4n) is 1.49. The van der Waals surface area contributed by atoms with Crippen LogP contribution in [0.25, 0.3) is 0 Å². The molecule has 0 unspecified atom stereocenters. The van der Waals surface area contributed by atoms with Gasteiger partial charge in [0.05, 0.1) is 0 Å². The molecule has 3 heteroatoms. The predicted molar refractivity (Wildman–Crippen MR) is 50.2 cm³/mol. The van der Waals surface area contributed by atoms with Gasteiger partial charge in [-0.05, 0) is 24.6 Å². The Morgan fingerprint density at radius 2 is 2.08 bits per heavy atom. The summed E-state index contributed by atoms with van der Waals surface area (Å²) in [5.41, 5.74) is 6.64. The van der Waals surface area contributed by atoms with E-state index in [0.29, 0.717) is 19.8 Å². The zero-order valence-corrected chi connectivity index (χ0v) is 7.45. The first-order chi connectivity index (χ1) is 6.42. The second kappa shape index (κ2) is 3.66. The van der Waals surface area contributed by atoms with Crippen molar-refractivity contribution in [3.63, 3.8) is 0 Å². The third-order valence-corrected chi connectivity index (χ3v) is 2.06. The average Bonchev–Trinajstić information content (AvgIpc) is 2.19. The second-order valence-corrected chi connectivity index (χ2v) is 2.98. The van der Waals surface area contributed by atoms with Gasteiger partial charge in [0.1, 0.15) is 13.2 Å². The summed E-state index contributed by atoms with van der Waals surface area (Å²) in [6, 6.07) is 5.92. The minimum absolute atomic E-state index is 0.634. The summed E-state index contributed by atoms with van der Waals surface area (Å²) < 4.78 is 11.0. The highest BCUT2D eigenvalue weighted by atomic mass is 16.6. The number of benzene rings is 1. The van der Waals surface area contributed by atoms with Crippen molar-refractivity contribution < 1.29 is 9.47 Å². The molecule has 1 aromatic rings. The van der Waals surface area contributed by atoms with Crippen LogP contribution in [0.2, 0.25) is 0 Å². The average molecular weight is 179 g/mol. The summed E-state index contributed by atoms with van der Waals surface area (Å²) in [6.07, 6.45) is 0.840. The standard InChI is InChI=1S/C10H13NO2/c11-5-4-8-2-1-3-9-10(8)13-7-6-12-9/h1-3H,4-7,11H2. The van der Waals surface area contributed by atoms with Crippen molar-refractivity contribution in [2.75, 3.05) is 19.8 Å². The maximum absolute atomic E-state index is 5.53. The van der Waals surface area contributed by atoms with Crippen molar-refractivity contribution in [2.24, 2.45) is 5.73 Å². The molecular weight excluding hydrogens is 166 g/mol. The lowest BCUT2D eigenvalue weighted by Gasteiger charge is -2.20. The van der Waals surface area contributed by atoms with Crippen molar-refractivity contribution >= 4 is 0 Å². The van der Waals surface area contributed by atoms with Crippen LogP contribution in [0.3, 0.4) is 0 Å². The quantitative estimate of drug-likeness (QED) is 0.735. The van der Waals surface area contributed by atoms with Gasteiger partial charge in [-0.2, -0.15) is 0 Å². The minimum atomic E-state index is 0.634. The first-order valence-corrected chi connectivity index (χ1v) is 4.49. The Morgan fingerprint density at radius 3 is 2.92 bits per heavy atom. The molecule has 0 aromatic heterocycles. The Kier molecular flexibility index (Phi) is 2.36. The zero-order chi connectivity index (χ0) is 9.10. The van der Waals surface area contributed by atoms with Crippen LogP contribution >= 0.6 is 0 Å². The highest BCUT2D eigenvalue weighted by Crippen LogP contribution is 2.33. The Morgan fingerprint density at radius 1 is 1.23 bits per heavy atom. The molecule has 1 aliphatic heterocycles. The van der Waals surface area contributed by atoms with E-state index in [2.05, 4.69) is 0 Å². The largest absolute Gasteiger partial charge is 0.486 e. The van der Waals surface area contributed by atoms with E-state index in [4.69, 9.17) is 15.2 Å². The molecule has 0 aliphatic carbocycles. The summed E-state index contributed by atoms with van der Waals surface area (Å²) in [6.45, 7) is 1.91. The molecule has 2 rings (SSSR count). The maximum atomic E-state index is 5.53. The van der Waals surface area contributed by atoms with Crippen LogP contribution in [0, 0.1) is 0 Å². The number of para-hydroxylation sites is 1. The number of nitrogens with two attached hydrogens (primary N) is 1. The fraction of sp³-hybridized carbons (Fsp3) is 0.400. The van der Waals surface area contributed by atoms with Gasteiger partial charge in [-0.25, -0.2) is 0 Å². The van der Waals surface area contributed by atoms with Crippen molar-refractivity contribution in [1.29, 1.82) is 0 Å². The van der Waals surface area contributed by atoms with Gasteiger partial charge >= 0.3 is 0 Å². The zero-order valence-electron chi connectivity index (χ0n) is 7.45. The molecule has 0 amide bonds. The molecule has 0 saturated carbocycles. The third-order valence-electron chi connectivity index (χ3n) is 2.06. The van der Waals surface area contributed by atoms with Gasteiger partial charge in [-0.3, -0.25) is 0 Å². The molecule has 0 radical (unpaired) electrons. The number of ether oxygens (including phenoxy) is 2. The fourth-order valence-corrected chi connectivity index (χ4v) is 1.49. The van der Waals surface area contributed by atoms with Crippen LogP contribution in [0.15, 0.2) is 18.2 Å². The summed E-state index contributed by atoms with van der Waals surface area (Å²) in [5.74, 6) is 1.72. The molecular formula is C10H13NO2. The van der Waals surface area contributed by atoms with Crippen molar-refractivity contribution in [3.8, 4) is 11.5 Å². The molecule has 70 valence electrons. The molecule has 2 N–H and O–H groups in total. The number of hydrogen-bond donors (Lipinski definition) is 1. The van der Waals surface area contributed by atoms with Crippen molar-refractivity contribution in [1.82, 2.24) is 0 Å². The van der Waals surface area contributed by atoms with E-state index in [1.165, 1.54) is 0 Å². The van der Waals surface area contributed by atoms with Crippen LogP contribution in [0.1, 0.15) is 5.56 Å². The van der Waals surface area contributed by atoms with Crippen LogP contribution in [-0.2, 0) is 6.42 Å². The summed E-state index contributed by atoms with van der Waals surface area (Å²) in [7, 11) is 0. The van der Waals surface area contributed by atoms with Gasteiger partial charge in [-0.1, -0.05) is 12.1 Å². The van der Waals surface area contributed by atoms with E-state index in [0.717, 1.165) is 23.5 Å².